The van der Waals surface area contributed by atoms with Crippen LogP contribution in [0, 0.1) is 0 Å². The third-order valence-electron chi connectivity index (χ3n) is 6.40. The van der Waals surface area contributed by atoms with Crippen LogP contribution in [0.1, 0.15) is 5.69 Å². The minimum absolute atomic E-state index is 0.116. The molecule has 2 aliphatic heterocycles. The van der Waals surface area contributed by atoms with E-state index in [-0.39, 0.29) is 10.5 Å². The lowest BCUT2D eigenvalue weighted by Gasteiger charge is -2.33. The lowest BCUT2D eigenvalue weighted by atomic mass is 10.2. The first-order valence-electron chi connectivity index (χ1n) is 11.7. The van der Waals surface area contributed by atoms with Crippen LogP contribution in [0.25, 0.3) is 16.2 Å². The Morgan fingerprint density at radius 3 is 2.44 bits per heavy atom. The molecule has 0 N–H and O–H groups in total. The molecule has 2 aliphatic rings. The van der Waals surface area contributed by atoms with Gasteiger partial charge in [0.05, 0.1) is 16.3 Å². The summed E-state index contributed by atoms with van der Waals surface area (Å²) >= 11 is 1.44. The standard InChI is InChI=1S/C25H24N4O5S2/c30-24-14-19(26-25-29(24)21(17-35-25)18-4-2-1-3-5-18)16-27-8-10-28(11-9-27)36(31,32)20-6-7-22-23(15-20)34-13-12-33-22/h1-7,14-15,17H,8-13,16H2. The van der Waals surface area contributed by atoms with E-state index in [1.54, 1.807) is 22.6 Å². The molecule has 1 fully saturated rings. The van der Waals surface area contributed by atoms with E-state index >= 15 is 0 Å². The summed E-state index contributed by atoms with van der Waals surface area (Å²) in [5, 5.41) is 1.95. The highest BCUT2D eigenvalue weighted by Gasteiger charge is 2.30. The zero-order chi connectivity index (χ0) is 24.7. The van der Waals surface area contributed by atoms with E-state index in [2.05, 4.69) is 4.90 Å². The summed E-state index contributed by atoms with van der Waals surface area (Å²) in [5.74, 6) is 1.02. The van der Waals surface area contributed by atoms with E-state index in [0.717, 1.165) is 11.3 Å². The van der Waals surface area contributed by atoms with E-state index in [1.165, 1.54) is 21.7 Å². The second kappa shape index (κ2) is 9.32. The van der Waals surface area contributed by atoms with E-state index < -0.39 is 10.0 Å². The summed E-state index contributed by atoms with van der Waals surface area (Å²) in [6.45, 7) is 3.15. The summed E-state index contributed by atoms with van der Waals surface area (Å²) in [5.41, 5.74) is 2.37. The Bertz CT molecular complexity index is 1580. The van der Waals surface area contributed by atoms with Gasteiger partial charge in [0.2, 0.25) is 10.0 Å². The molecular weight excluding hydrogens is 500 g/mol. The maximum atomic E-state index is 13.2. The van der Waals surface area contributed by atoms with Crippen molar-refractivity contribution in [1.82, 2.24) is 18.6 Å². The summed E-state index contributed by atoms with van der Waals surface area (Å²) in [6.07, 6.45) is 0. The molecule has 0 amide bonds. The second-order valence-electron chi connectivity index (χ2n) is 8.68. The molecule has 9 nitrogen and oxygen atoms in total. The van der Waals surface area contributed by atoms with Gasteiger partial charge in [-0.15, -0.1) is 11.3 Å². The van der Waals surface area contributed by atoms with Crippen molar-refractivity contribution in [1.29, 1.82) is 0 Å². The molecule has 0 atom stereocenters. The number of hydrogen-bond donors (Lipinski definition) is 0. The highest BCUT2D eigenvalue weighted by atomic mass is 32.2. The van der Waals surface area contributed by atoms with Crippen molar-refractivity contribution in [2.75, 3.05) is 39.4 Å². The van der Waals surface area contributed by atoms with Crippen molar-refractivity contribution >= 4 is 26.3 Å². The van der Waals surface area contributed by atoms with Crippen LogP contribution in [-0.4, -0.2) is 66.4 Å². The molecular formula is C25H24N4O5S2. The fourth-order valence-electron chi connectivity index (χ4n) is 4.55. The molecule has 0 unspecified atom stereocenters. The third kappa shape index (κ3) is 4.28. The van der Waals surface area contributed by atoms with Gasteiger partial charge in [-0.05, 0) is 17.7 Å². The fourth-order valence-corrected chi connectivity index (χ4v) is 6.91. The van der Waals surface area contributed by atoms with Gasteiger partial charge in [0.1, 0.15) is 13.2 Å². The van der Waals surface area contributed by atoms with Gasteiger partial charge >= 0.3 is 0 Å². The van der Waals surface area contributed by atoms with Gasteiger partial charge in [-0.1, -0.05) is 30.3 Å². The van der Waals surface area contributed by atoms with Gasteiger partial charge in [-0.2, -0.15) is 4.31 Å². The van der Waals surface area contributed by atoms with Crippen molar-refractivity contribution in [3.8, 4) is 22.8 Å². The predicted octanol–water partition coefficient (Wildman–Crippen LogP) is 2.70. The molecule has 0 bridgehead atoms. The van der Waals surface area contributed by atoms with Crippen molar-refractivity contribution in [2.45, 2.75) is 11.4 Å². The monoisotopic (exact) mass is 524 g/mol. The van der Waals surface area contributed by atoms with Crippen LogP contribution in [-0.2, 0) is 16.6 Å². The summed E-state index contributed by atoms with van der Waals surface area (Å²) in [4.78, 5) is 20.6. The average molecular weight is 525 g/mol. The van der Waals surface area contributed by atoms with Gasteiger partial charge < -0.3 is 9.47 Å². The number of piperazine rings is 1. The molecule has 0 spiro atoms. The highest BCUT2D eigenvalue weighted by molar-refractivity contribution is 7.89. The van der Waals surface area contributed by atoms with Gasteiger partial charge in [0.25, 0.3) is 5.56 Å². The minimum atomic E-state index is -3.65. The Hall–Kier alpha value is -3.25. The molecule has 6 rings (SSSR count). The molecule has 2 aromatic carbocycles. The smallest absolute Gasteiger partial charge is 0.259 e. The fraction of sp³-hybridized carbons (Fsp3) is 0.280. The Labute approximate surface area is 212 Å². The van der Waals surface area contributed by atoms with Crippen LogP contribution >= 0.6 is 11.3 Å². The van der Waals surface area contributed by atoms with Crippen molar-refractivity contribution in [2.24, 2.45) is 0 Å². The van der Waals surface area contributed by atoms with Crippen molar-refractivity contribution in [3.05, 3.63) is 76.0 Å². The van der Waals surface area contributed by atoms with Crippen molar-refractivity contribution in [3.63, 3.8) is 0 Å². The molecule has 2 aromatic heterocycles. The van der Waals surface area contributed by atoms with Gasteiger partial charge in [-0.25, -0.2) is 13.4 Å². The molecule has 11 heteroatoms. The zero-order valence-electron chi connectivity index (χ0n) is 19.4. The Balaban J connectivity index is 1.15. The van der Waals surface area contributed by atoms with Crippen LogP contribution in [0.5, 0.6) is 11.5 Å². The van der Waals surface area contributed by atoms with Gasteiger partial charge in [0.15, 0.2) is 16.5 Å². The molecule has 4 heterocycles. The molecule has 36 heavy (non-hydrogen) atoms. The normalized spacial score (nSPS) is 16.9. The Morgan fingerprint density at radius 1 is 0.917 bits per heavy atom. The van der Waals surface area contributed by atoms with Crippen LogP contribution < -0.4 is 15.0 Å². The first-order chi connectivity index (χ1) is 17.5. The van der Waals surface area contributed by atoms with Crippen LogP contribution in [0.3, 0.4) is 0 Å². The number of rotatable bonds is 5. The Kier molecular flexibility index (Phi) is 6.00. The minimum Gasteiger partial charge on any atom is -0.486 e. The number of aromatic nitrogens is 2. The summed E-state index contributed by atoms with van der Waals surface area (Å²) in [6, 6.07) is 16.1. The molecule has 186 valence electrons. The maximum Gasteiger partial charge on any atom is 0.259 e. The van der Waals surface area contributed by atoms with E-state index in [1.807, 2.05) is 35.7 Å². The van der Waals surface area contributed by atoms with E-state index in [0.29, 0.717) is 68.1 Å². The molecule has 4 aromatic rings. The van der Waals surface area contributed by atoms with Crippen molar-refractivity contribution < 1.29 is 17.9 Å². The number of nitrogens with zero attached hydrogens (tertiary/aromatic N) is 4. The summed E-state index contributed by atoms with van der Waals surface area (Å²) < 4.78 is 40.6. The number of ether oxygens (including phenoxy) is 2. The van der Waals surface area contributed by atoms with Crippen LogP contribution in [0.4, 0.5) is 0 Å². The number of fused-ring (bicyclic) bond motifs is 2. The first-order valence-corrected chi connectivity index (χ1v) is 14.0. The SMILES string of the molecule is O=c1cc(CN2CCN(S(=O)(=O)c3ccc4c(c3)OCCO4)CC2)nc2scc(-c3ccccc3)n12. The lowest BCUT2D eigenvalue weighted by molar-refractivity contribution is 0.170. The average Bonchev–Trinajstić information content (AvgIpc) is 3.34. The van der Waals surface area contributed by atoms with Gasteiger partial charge in [0, 0.05) is 50.2 Å². The molecule has 0 saturated carbocycles. The largest absolute Gasteiger partial charge is 0.486 e. The number of hydrogen-bond acceptors (Lipinski definition) is 8. The Morgan fingerprint density at radius 2 is 1.67 bits per heavy atom. The zero-order valence-corrected chi connectivity index (χ0v) is 21.0. The summed E-state index contributed by atoms with van der Waals surface area (Å²) in [7, 11) is -3.65. The molecule has 0 radical (unpaired) electrons. The molecule has 1 saturated heterocycles. The second-order valence-corrected chi connectivity index (χ2v) is 11.5. The quantitative estimate of drug-likeness (QED) is 0.396. The maximum absolute atomic E-state index is 13.2. The third-order valence-corrected chi connectivity index (χ3v) is 9.12. The van der Waals surface area contributed by atoms with Crippen LogP contribution in [0.15, 0.2) is 69.7 Å². The number of thiazole rings is 1. The first kappa shape index (κ1) is 23.2. The number of sulfonamides is 1. The predicted molar refractivity (Wildman–Crippen MR) is 136 cm³/mol. The van der Waals surface area contributed by atoms with E-state index in [4.69, 9.17) is 14.5 Å². The number of benzene rings is 2. The lowest BCUT2D eigenvalue weighted by Crippen LogP contribution is -2.48. The van der Waals surface area contributed by atoms with E-state index in [9.17, 15) is 13.2 Å². The molecule has 0 aliphatic carbocycles. The van der Waals surface area contributed by atoms with Gasteiger partial charge in [-0.3, -0.25) is 14.1 Å². The highest BCUT2D eigenvalue weighted by Crippen LogP contribution is 2.33. The topological polar surface area (TPSA) is 93.5 Å². The van der Waals surface area contributed by atoms with Crippen LogP contribution in [0.2, 0.25) is 0 Å².